The third-order valence-corrected chi connectivity index (χ3v) is 5.74. The number of carboxylic acids is 1. The first-order chi connectivity index (χ1) is 14.1. The van der Waals surface area contributed by atoms with Crippen LogP contribution < -0.4 is 4.74 Å². The highest BCUT2D eigenvalue weighted by atomic mass is 35.5. The summed E-state index contributed by atoms with van der Waals surface area (Å²) < 4.78 is 7.74. The highest BCUT2D eigenvalue weighted by Gasteiger charge is 2.24. The van der Waals surface area contributed by atoms with Gasteiger partial charge in [-0.05, 0) is 68.8 Å². The molecule has 2 aromatic carbocycles. The Morgan fingerprint density at radius 3 is 2.70 bits per heavy atom. The van der Waals surface area contributed by atoms with Crippen molar-refractivity contribution in [1.82, 2.24) is 14.7 Å². The summed E-state index contributed by atoms with van der Waals surface area (Å²) in [7, 11) is 0. The van der Waals surface area contributed by atoms with E-state index < -0.39 is 5.97 Å². The normalized spacial score (nSPS) is 16.5. The van der Waals surface area contributed by atoms with Crippen LogP contribution in [0, 0.1) is 0 Å². The fourth-order valence-electron chi connectivity index (χ4n) is 3.86. The first kappa shape index (κ1) is 22.4. The molecule has 8 heteroatoms. The molecule has 1 atom stereocenters. The van der Waals surface area contributed by atoms with Gasteiger partial charge >= 0.3 is 5.97 Å². The van der Waals surface area contributed by atoms with E-state index in [9.17, 15) is 4.79 Å². The maximum atomic E-state index is 10.7. The molecule has 0 aliphatic carbocycles. The van der Waals surface area contributed by atoms with Gasteiger partial charge in [0.15, 0.2) is 0 Å². The van der Waals surface area contributed by atoms with Gasteiger partial charge in [0.05, 0.1) is 11.2 Å². The number of nitrogens with zero attached hydrogens (tertiary/aromatic N) is 3. The van der Waals surface area contributed by atoms with Gasteiger partial charge in [0.1, 0.15) is 17.5 Å². The van der Waals surface area contributed by atoms with Crippen LogP contribution in [-0.2, 0) is 4.79 Å². The lowest BCUT2D eigenvalue weighted by atomic mass is 10.2. The van der Waals surface area contributed by atoms with Crippen molar-refractivity contribution in [2.75, 3.05) is 19.7 Å². The van der Waals surface area contributed by atoms with Crippen molar-refractivity contribution in [2.45, 2.75) is 31.7 Å². The number of hydrogen-bond acceptors (Lipinski definition) is 4. The van der Waals surface area contributed by atoms with Crippen LogP contribution in [0.1, 0.15) is 25.7 Å². The molecule has 6 nitrogen and oxygen atoms in total. The second-order valence-electron chi connectivity index (χ2n) is 7.35. The number of aliphatic carboxylic acids is 1. The van der Waals surface area contributed by atoms with Gasteiger partial charge in [0.25, 0.3) is 0 Å². The van der Waals surface area contributed by atoms with Crippen molar-refractivity contribution in [3.63, 3.8) is 0 Å². The molecule has 2 heterocycles. The van der Waals surface area contributed by atoms with E-state index in [4.69, 9.17) is 21.4 Å². The molecule has 1 aliphatic rings. The number of likely N-dealkylation sites (tertiary alicyclic amines) is 1. The summed E-state index contributed by atoms with van der Waals surface area (Å²) >= 11 is 6.48. The van der Waals surface area contributed by atoms with Gasteiger partial charge in [-0.25, -0.2) is 4.68 Å². The molecule has 3 aromatic rings. The highest BCUT2D eigenvalue weighted by Crippen LogP contribution is 2.27. The predicted molar refractivity (Wildman–Crippen MR) is 120 cm³/mol. The number of ether oxygens (including phenoxy) is 1. The van der Waals surface area contributed by atoms with Crippen LogP contribution >= 0.6 is 24.0 Å². The Kier molecular flexibility index (Phi) is 7.58. The molecule has 1 fully saturated rings. The van der Waals surface area contributed by atoms with E-state index in [1.807, 2.05) is 48.5 Å². The fourth-order valence-corrected chi connectivity index (χ4v) is 4.15. The van der Waals surface area contributed by atoms with Gasteiger partial charge in [-0.1, -0.05) is 23.7 Å². The first-order valence-electron chi connectivity index (χ1n) is 9.94. The number of aromatic nitrogens is 2. The minimum atomic E-state index is -0.734. The molecule has 1 N–H and O–H groups in total. The zero-order chi connectivity index (χ0) is 20.2. The summed E-state index contributed by atoms with van der Waals surface area (Å²) in [5, 5.41) is 14.9. The highest BCUT2D eigenvalue weighted by molar-refractivity contribution is 6.34. The lowest BCUT2D eigenvalue weighted by Gasteiger charge is -2.24. The van der Waals surface area contributed by atoms with Crippen molar-refractivity contribution in [3.8, 4) is 11.4 Å². The van der Waals surface area contributed by atoms with Crippen molar-refractivity contribution < 1.29 is 14.6 Å². The van der Waals surface area contributed by atoms with Gasteiger partial charge in [0.2, 0.25) is 0 Å². The second kappa shape index (κ2) is 10.2. The molecule has 0 amide bonds. The zero-order valence-electron chi connectivity index (χ0n) is 16.5. The Hall–Kier alpha value is -2.28. The molecule has 4 rings (SSSR count). The van der Waals surface area contributed by atoms with Crippen LogP contribution in [0.3, 0.4) is 0 Å². The molecule has 1 saturated heterocycles. The summed E-state index contributed by atoms with van der Waals surface area (Å²) in [6, 6.07) is 15.9. The van der Waals surface area contributed by atoms with Crippen molar-refractivity contribution in [3.05, 3.63) is 53.7 Å². The van der Waals surface area contributed by atoms with E-state index in [1.165, 1.54) is 0 Å². The van der Waals surface area contributed by atoms with Gasteiger partial charge in [0, 0.05) is 17.8 Å². The maximum absolute atomic E-state index is 10.7. The van der Waals surface area contributed by atoms with Gasteiger partial charge in [-0.2, -0.15) is 5.10 Å². The summed E-state index contributed by atoms with van der Waals surface area (Å²) in [6.45, 7) is 2.43. The minimum absolute atomic E-state index is 0. The molecule has 1 aromatic heterocycles. The van der Waals surface area contributed by atoms with Gasteiger partial charge in [-0.3, -0.25) is 9.69 Å². The Morgan fingerprint density at radius 1 is 1.20 bits per heavy atom. The lowest BCUT2D eigenvalue weighted by molar-refractivity contribution is -0.137. The monoisotopic (exact) mass is 449 g/mol. The average Bonchev–Trinajstić information content (AvgIpc) is 3.31. The van der Waals surface area contributed by atoms with Crippen LogP contribution in [-0.4, -0.2) is 51.5 Å². The van der Waals surface area contributed by atoms with Crippen molar-refractivity contribution in [2.24, 2.45) is 0 Å². The van der Waals surface area contributed by atoms with E-state index in [0.29, 0.717) is 24.2 Å². The number of halogens is 2. The topological polar surface area (TPSA) is 67.6 Å². The van der Waals surface area contributed by atoms with Crippen LogP contribution in [0.2, 0.25) is 5.15 Å². The summed E-state index contributed by atoms with van der Waals surface area (Å²) in [5.41, 5.74) is 1.75. The molecule has 0 saturated carbocycles. The van der Waals surface area contributed by atoms with Crippen molar-refractivity contribution >= 4 is 40.9 Å². The third kappa shape index (κ3) is 5.06. The van der Waals surface area contributed by atoms with Gasteiger partial charge in [-0.15, -0.1) is 12.4 Å². The number of benzene rings is 2. The standard InChI is InChI=1S/C22H24ClN3O3.ClH/c23-22-19-6-1-2-7-20(19)24-26(22)16-9-11-18(12-10-16)29-15-17-5-3-13-25(17)14-4-8-21(27)28;/h1-2,6-7,9-12,17H,3-5,8,13-15H2,(H,27,28);1H. The molecule has 160 valence electrons. The Labute approximate surface area is 186 Å². The predicted octanol–water partition coefficient (Wildman–Crippen LogP) is 4.81. The number of fused-ring (bicyclic) bond motifs is 1. The molecule has 1 aliphatic heterocycles. The zero-order valence-corrected chi connectivity index (χ0v) is 18.1. The lowest BCUT2D eigenvalue weighted by Crippen LogP contribution is -2.35. The smallest absolute Gasteiger partial charge is 0.303 e. The van der Waals surface area contributed by atoms with E-state index >= 15 is 0 Å². The Balaban J connectivity index is 0.00000256. The van der Waals surface area contributed by atoms with Gasteiger partial charge < -0.3 is 9.84 Å². The quantitative estimate of drug-likeness (QED) is 0.534. The van der Waals surface area contributed by atoms with E-state index in [1.54, 1.807) is 4.68 Å². The SMILES string of the molecule is Cl.O=C(O)CCCN1CCCC1COc1ccc(-n2nc3ccccc3c2Cl)cc1. The summed E-state index contributed by atoms with van der Waals surface area (Å²) in [4.78, 5) is 13.0. The number of hydrogen-bond donors (Lipinski definition) is 1. The van der Waals surface area contributed by atoms with E-state index in [0.717, 1.165) is 48.3 Å². The second-order valence-corrected chi connectivity index (χ2v) is 7.71. The number of carboxylic acid groups (broad SMARTS) is 1. The number of carbonyl (C=O) groups is 1. The largest absolute Gasteiger partial charge is 0.492 e. The molecular formula is C22H25Cl2N3O3. The summed E-state index contributed by atoms with van der Waals surface area (Å²) in [6.07, 6.45) is 3.11. The molecular weight excluding hydrogens is 425 g/mol. The minimum Gasteiger partial charge on any atom is -0.492 e. The molecule has 0 spiro atoms. The molecule has 30 heavy (non-hydrogen) atoms. The Bertz CT molecular complexity index is 991. The van der Waals surface area contributed by atoms with Crippen molar-refractivity contribution in [1.29, 1.82) is 0 Å². The number of rotatable bonds is 8. The van der Waals surface area contributed by atoms with Crippen LogP contribution in [0.15, 0.2) is 48.5 Å². The molecule has 0 bridgehead atoms. The van der Waals surface area contributed by atoms with Crippen LogP contribution in [0.4, 0.5) is 0 Å². The average molecular weight is 450 g/mol. The fraction of sp³-hybridized carbons (Fsp3) is 0.364. The molecule has 1 unspecified atom stereocenters. The Morgan fingerprint density at radius 2 is 1.97 bits per heavy atom. The first-order valence-corrected chi connectivity index (χ1v) is 10.3. The van der Waals surface area contributed by atoms with E-state index in [2.05, 4.69) is 10.00 Å². The third-order valence-electron chi connectivity index (χ3n) is 5.38. The van der Waals surface area contributed by atoms with E-state index in [-0.39, 0.29) is 18.8 Å². The van der Waals surface area contributed by atoms with Crippen LogP contribution in [0.5, 0.6) is 5.75 Å². The molecule has 0 radical (unpaired) electrons. The summed E-state index contributed by atoms with van der Waals surface area (Å²) in [5.74, 6) is 0.0706. The maximum Gasteiger partial charge on any atom is 0.303 e. The van der Waals surface area contributed by atoms with Crippen LogP contribution in [0.25, 0.3) is 16.6 Å².